The largest absolute Gasteiger partial charge is 0.444 e. The number of benzene rings is 1. The van der Waals surface area contributed by atoms with Crippen LogP contribution >= 0.6 is 11.6 Å². The van der Waals surface area contributed by atoms with Gasteiger partial charge in [-0.3, -0.25) is 4.90 Å². The molecule has 0 aliphatic carbocycles. The second kappa shape index (κ2) is 6.03. The van der Waals surface area contributed by atoms with Crippen LogP contribution in [0.25, 0.3) is 11.0 Å². The summed E-state index contributed by atoms with van der Waals surface area (Å²) in [6, 6.07) is 11.2. The molecule has 22 heavy (non-hydrogen) atoms. The first-order valence-corrected chi connectivity index (χ1v) is 6.98. The number of nitrogens with zero attached hydrogens (tertiary/aromatic N) is 3. The number of carbonyl (C=O) groups is 1. The zero-order valence-electron chi connectivity index (χ0n) is 11.8. The molecule has 0 unspecified atom stereocenters. The Hall–Kier alpha value is -2.60. The van der Waals surface area contributed by atoms with Crippen molar-refractivity contribution in [2.45, 2.75) is 6.61 Å². The number of hydrogen-bond acceptors (Lipinski definition) is 4. The maximum atomic E-state index is 12.2. The van der Waals surface area contributed by atoms with Gasteiger partial charge in [0.25, 0.3) is 0 Å². The molecule has 0 atom stereocenters. The number of H-pyrrole nitrogens is 1. The second-order valence-electron chi connectivity index (χ2n) is 4.65. The van der Waals surface area contributed by atoms with Gasteiger partial charge in [0.2, 0.25) is 5.28 Å². The third-order valence-electron chi connectivity index (χ3n) is 3.16. The minimum atomic E-state index is -0.519. The lowest BCUT2D eigenvalue weighted by Gasteiger charge is -2.16. The molecule has 0 fully saturated rings. The maximum absolute atomic E-state index is 12.2. The summed E-state index contributed by atoms with van der Waals surface area (Å²) in [4.78, 5) is 24.6. The van der Waals surface area contributed by atoms with Crippen LogP contribution in [0.3, 0.4) is 0 Å². The molecule has 1 amide bonds. The highest BCUT2D eigenvalue weighted by Crippen LogP contribution is 2.23. The van der Waals surface area contributed by atoms with Crippen LogP contribution in [0.2, 0.25) is 5.28 Å². The third kappa shape index (κ3) is 2.87. The van der Waals surface area contributed by atoms with Crippen LogP contribution in [-0.2, 0) is 11.3 Å². The summed E-state index contributed by atoms with van der Waals surface area (Å²) in [5, 5.41) is 0.0739. The Bertz CT molecular complexity index is 804. The first kappa shape index (κ1) is 14.3. The molecule has 3 rings (SSSR count). The molecule has 0 spiro atoms. The zero-order chi connectivity index (χ0) is 15.5. The number of amides is 1. The van der Waals surface area contributed by atoms with Gasteiger partial charge in [0.1, 0.15) is 12.1 Å². The molecule has 112 valence electrons. The summed E-state index contributed by atoms with van der Waals surface area (Å²) >= 11 is 5.89. The third-order valence-corrected chi connectivity index (χ3v) is 3.33. The quantitative estimate of drug-likeness (QED) is 0.752. The van der Waals surface area contributed by atoms with Crippen LogP contribution in [0.15, 0.2) is 42.6 Å². The summed E-state index contributed by atoms with van der Waals surface area (Å²) in [5.74, 6) is 0.373. The normalized spacial score (nSPS) is 10.6. The number of ether oxygens (including phenoxy) is 1. The minimum absolute atomic E-state index is 0.0739. The van der Waals surface area contributed by atoms with Crippen molar-refractivity contribution in [1.29, 1.82) is 0 Å². The number of carbonyl (C=O) groups excluding carboxylic acids is 1. The topological polar surface area (TPSA) is 71.1 Å². The van der Waals surface area contributed by atoms with Gasteiger partial charge in [0, 0.05) is 13.2 Å². The highest BCUT2D eigenvalue weighted by Gasteiger charge is 2.18. The van der Waals surface area contributed by atoms with E-state index in [0.717, 1.165) is 5.56 Å². The van der Waals surface area contributed by atoms with Gasteiger partial charge in [0.15, 0.2) is 5.82 Å². The summed E-state index contributed by atoms with van der Waals surface area (Å²) < 4.78 is 5.28. The molecule has 0 saturated carbocycles. The Morgan fingerprint density at radius 3 is 2.82 bits per heavy atom. The summed E-state index contributed by atoms with van der Waals surface area (Å²) in [6.07, 6.45) is 1.19. The molecule has 6 nitrogen and oxygen atoms in total. The van der Waals surface area contributed by atoms with Gasteiger partial charge in [-0.15, -0.1) is 0 Å². The van der Waals surface area contributed by atoms with Gasteiger partial charge in [-0.1, -0.05) is 30.3 Å². The zero-order valence-corrected chi connectivity index (χ0v) is 12.5. The van der Waals surface area contributed by atoms with Crippen molar-refractivity contribution in [3.8, 4) is 0 Å². The van der Waals surface area contributed by atoms with E-state index in [0.29, 0.717) is 16.9 Å². The van der Waals surface area contributed by atoms with E-state index in [1.54, 1.807) is 19.3 Å². The van der Waals surface area contributed by atoms with Gasteiger partial charge < -0.3 is 9.72 Å². The Kier molecular flexibility index (Phi) is 3.93. The number of hydrogen-bond donors (Lipinski definition) is 1. The number of fused-ring (bicyclic) bond motifs is 1. The van der Waals surface area contributed by atoms with Crippen LogP contribution in [0.4, 0.5) is 10.6 Å². The summed E-state index contributed by atoms with van der Waals surface area (Å²) in [7, 11) is 1.58. The fraction of sp³-hybridized carbons (Fsp3) is 0.133. The molecule has 2 heterocycles. The SMILES string of the molecule is CN(C(=O)OCc1ccccc1)c1nc(Cl)nc2cc[nH]c12. The van der Waals surface area contributed by atoms with Gasteiger partial charge in [-0.25, -0.2) is 9.78 Å². The molecule has 0 bridgehead atoms. The number of halogens is 1. The van der Waals surface area contributed by atoms with Gasteiger partial charge in [0.05, 0.1) is 5.52 Å². The van der Waals surface area contributed by atoms with E-state index < -0.39 is 6.09 Å². The number of aromatic amines is 1. The molecule has 2 aromatic heterocycles. The van der Waals surface area contributed by atoms with Crippen molar-refractivity contribution in [3.63, 3.8) is 0 Å². The molecule has 0 saturated heterocycles. The molecule has 1 aromatic carbocycles. The summed E-state index contributed by atoms with van der Waals surface area (Å²) in [5.41, 5.74) is 2.18. The van der Waals surface area contributed by atoms with E-state index in [9.17, 15) is 4.79 Å². The van der Waals surface area contributed by atoms with Crippen LogP contribution < -0.4 is 4.90 Å². The smallest absolute Gasteiger partial charge is 0.415 e. The van der Waals surface area contributed by atoms with Crippen LogP contribution in [-0.4, -0.2) is 28.1 Å². The van der Waals surface area contributed by atoms with Crippen molar-refractivity contribution in [1.82, 2.24) is 15.0 Å². The van der Waals surface area contributed by atoms with Gasteiger partial charge in [-0.2, -0.15) is 4.98 Å². The Labute approximate surface area is 131 Å². The van der Waals surface area contributed by atoms with E-state index in [1.165, 1.54) is 4.90 Å². The molecule has 3 aromatic rings. The van der Waals surface area contributed by atoms with Crippen molar-refractivity contribution < 1.29 is 9.53 Å². The average molecular weight is 317 g/mol. The molecule has 1 N–H and O–H groups in total. The van der Waals surface area contributed by atoms with Crippen LogP contribution in [0.5, 0.6) is 0 Å². The first-order chi connectivity index (χ1) is 10.6. The van der Waals surface area contributed by atoms with Crippen molar-refractivity contribution in [2.75, 3.05) is 11.9 Å². The Balaban J connectivity index is 1.78. The number of anilines is 1. The average Bonchev–Trinajstić information content (AvgIpc) is 3.00. The molecule has 7 heteroatoms. The Morgan fingerprint density at radius 2 is 2.05 bits per heavy atom. The molecule has 0 aliphatic rings. The van der Waals surface area contributed by atoms with Crippen molar-refractivity contribution in [3.05, 3.63) is 53.4 Å². The lowest BCUT2D eigenvalue weighted by atomic mass is 10.2. The van der Waals surface area contributed by atoms with Crippen LogP contribution in [0, 0.1) is 0 Å². The molecular formula is C15H13ClN4O2. The molecule has 0 aliphatic heterocycles. The fourth-order valence-electron chi connectivity index (χ4n) is 2.05. The highest BCUT2D eigenvalue weighted by atomic mass is 35.5. The predicted molar refractivity (Wildman–Crippen MR) is 83.9 cm³/mol. The first-order valence-electron chi connectivity index (χ1n) is 6.60. The monoisotopic (exact) mass is 316 g/mol. The maximum Gasteiger partial charge on any atom is 0.415 e. The van der Waals surface area contributed by atoms with E-state index in [4.69, 9.17) is 16.3 Å². The van der Waals surface area contributed by atoms with Gasteiger partial charge >= 0.3 is 6.09 Å². The lowest BCUT2D eigenvalue weighted by Crippen LogP contribution is -2.28. The second-order valence-corrected chi connectivity index (χ2v) is 4.99. The standard InChI is InChI=1S/C15H13ClN4O2/c1-20(15(21)22-9-10-5-3-2-4-6-10)13-12-11(7-8-17-12)18-14(16)19-13/h2-8,17H,9H2,1H3. The van der Waals surface area contributed by atoms with E-state index in [2.05, 4.69) is 15.0 Å². The lowest BCUT2D eigenvalue weighted by molar-refractivity contribution is 0.148. The van der Waals surface area contributed by atoms with Crippen molar-refractivity contribution >= 4 is 34.5 Å². The summed E-state index contributed by atoms with van der Waals surface area (Å²) in [6.45, 7) is 0.191. The number of aromatic nitrogens is 3. The van der Waals surface area contributed by atoms with E-state index in [1.807, 2.05) is 30.3 Å². The Morgan fingerprint density at radius 1 is 1.27 bits per heavy atom. The minimum Gasteiger partial charge on any atom is -0.444 e. The van der Waals surface area contributed by atoms with Crippen molar-refractivity contribution in [2.24, 2.45) is 0 Å². The number of nitrogens with one attached hydrogen (secondary N) is 1. The predicted octanol–water partition coefficient (Wildman–Crippen LogP) is 3.38. The number of rotatable bonds is 3. The van der Waals surface area contributed by atoms with E-state index >= 15 is 0 Å². The van der Waals surface area contributed by atoms with E-state index in [-0.39, 0.29) is 11.9 Å². The fourth-order valence-corrected chi connectivity index (χ4v) is 2.22. The highest BCUT2D eigenvalue weighted by molar-refractivity contribution is 6.28. The molecule has 0 radical (unpaired) electrons. The van der Waals surface area contributed by atoms with Crippen LogP contribution in [0.1, 0.15) is 5.56 Å². The molecular weight excluding hydrogens is 304 g/mol. The van der Waals surface area contributed by atoms with Gasteiger partial charge in [-0.05, 0) is 23.2 Å².